The molecule has 3 aromatic carbocycles. The van der Waals surface area contributed by atoms with Crippen molar-refractivity contribution in [2.24, 2.45) is 0 Å². The number of hydrogen-bond acceptors (Lipinski definition) is 3. The average molecular weight is 383 g/mol. The standard InChI is InChI=1S/C25H26N4/c1-20-9-5-7-13-23(20)27-15-17-28(18-16-27)25-26-22-12-6-8-14-24(22)29(25)19-21-10-3-2-4-11-21/h2-14H,15-19H2,1H3. The van der Waals surface area contributed by atoms with E-state index in [4.69, 9.17) is 4.98 Å². The molecule has 0 radical (unpaired) electrons. The van der Waals surface area contributed by atoms with Crippen LogP contribution in [-0.2, 0) is 6.54 Å². The first-order valence-electron chi connectivity index (χ1n) is 10.3. The lowest BCUT2D eigenvalue weighted by atomic mass is 10.1. The van der Waals surface area contributed by atoms with Gasteiger partial charge in [-0.1, -0.05) is 60.7 Å². The summed E-state index contributed by atoms with van der Waals surface area (Å²) in [6, 6.07) is 27.8. The summed E-state index contributed by atoms with van der Waals surface area (Å²) in [4.78, 5) is 9.96. The Kier molecular flexibility index (Phi) is 4.68. The van der Waals surface area contributed by atoms with E-state index in [0.29, 0.717) is 0 Å². The first kappa shape index (κ1) is 17.8. The Labute approximate surface area is 172 Å². The van der Waals surface area contributed by atoms with Crippen LogP contribution in [-0.4, -0.2) is 35.7 Å². The summed E-state index contributed by atoms with van der Waals surface area (Å²) >= 11 is 0. The molecule has 1 fully saturated rings. The summed E-state index contributed by atoms with van der Waals surface area (Å²) in [5.74, 6) is 1.08. The number of nitrogens with zero attached hydrogens (tertiary/aromatic N) is 4. The molecule has 29 heavy (non-hydrogen) atoms. The van der Waals surface area contributed by atoms with E-state index < -0.39 is 0 Å². The van der Waals surface area contributed by atoms with Crippen LogP contribution in [0.4, 0.5) is 11.6 Å². The first-order chi connectivity index (χ1) is 14.3. The number of para-hydroxylation sites is 3. The SMILES string of the molecule is Cc1ccccc1N1CCN(c2nc3ccccc3n2Cc2ccccc2)CC1. The number of aromatic nitrogens is 2. The Morgan fingerprint density at radius 1 is 0.724 bits per heavy atom. The number of hydrogen-bond donors (Lipinski definition) is 0. The van der Waals surface area contributed by atoms with E-state index in [1.165, 1.54) is 22.3 Å². The van der Waals surface area contributed by atoms with Crippen LogP contribution in [0.2, 0.25) is 0 Å². The molecule has 0 amide bonds. The molecule has 5 rings (SSSR count). The van der Waals surface area contributed by atoms with Gasteiger partial charge in [0.25, 0.3) is 0 Å². The van der Waals surface area contributed by atoms with Crippen molar-refractivity contribution >= 4 is 22.7 Å². The first-order valence-corrected chi connectivity index (χ1v) is 10.3. The number of anilines is 2. The minimum absolute atomic E-state index is 0.842. The van der Waals surface area contributed by atoms with Crippen molar-refractivity contribution in [2.75, 3.05) is 36.0 Å². The molecule has 146 valence electrons. The third-order valence-electron chi connectivity index (χ3n) is 5.84. The highest BCUT2D eigenvalue weighted by Gasteiger charge is 2.23. The molecule has 4 nitrogen and oxygen atoms in total. The fourth-order valence-corrected chi connectivity index (χ4v) is 4.29. The van der Waals surface area contributed by atoms with Crippen molar-refractivity contribution in [1.82, 2.24) is 9.55 Å². The van der Waals surface area contributed by atoms with Crippen molar-refractivity contribution in [3.63, 3.8) is 0 Å². The highest BCUT2D eigenvalue weighted by atomic mass is 15.4. The van der Waals surface area contributed by atoms with Gasteiger partial charge < -0.3 is 14.4 Å². The van der Waals surface area contributed by atoms with Crippen molar-refractivity contribution in [3.05, 3.63) is 90.0 Å². The number of fused-ring (bicyclic) bond motifs is 1. The second-order valence-corrected chi connectivity index (χ2v) is 7.73. The maximum absolute atomic E-state index is 5.02. The molecule has 1 aliphatic rings. The van der Waals surface area contributed by atoms with Gasteiger partial charge in [0.15, 0.2) is 0 Å². The summed E-state index contributed by atoms with van der Waals surface area (Å²) in [6.45, 7) is 7.02. The Balaban J connectivity index is 1.43. The maximum atomic E-state index is 5.02. The van der Waals surface area contributed by atoms with Crippen molar-refractivity contribution in [2.45, 2.75) is 13.5 Å². The minimum atomic E-state index is 0.842. The topological polar surface area (TPSA) is 24.3 Å². The van der Waals surface area contributed by atoms with Gasteiger partial charge in [0, 0.05) is 31.9 Å². The van der Waals surface area contributed by atoms with Crippen LogP contribution in [0, 0.1) is 6.92 Å². The van der Waals surface area contributed by atoms with Crippen molar-refractivity contribution in [1.29, 1.82) is 0 Å². The molecule has 0 bridgehead atoms. The highest BCUT2D eigenvalue weighted by Crippen LogP contribution is 2.27. The quantitative estimate of drug-likeness (QED) is 0.510. The van der Waals surface area contributed by atoms with Gasteiger partial charge in [0.1, 0.15) is 0 Å². The number of rotatable bonds is 4. The zero-order valence-electron chi connectivity index (χ0n) is 16.8. The molecular formula is C25H26N4. The molecule has 0 unspecified atom stereocenters. The Bertz CT molecular complexity index is 1110. The lowest BCUT2D eigenvalue weighted by Gasteiger charge is -2.37. The smallest absolute Gasteiger partial charge is 0.206 e. The molecule has 0 spiro atoms. The molecule has 0 aliphatic carbocycles. The third kappa shape index (κ3) is 3.46. The monoisotopic (exact) mass is 382 g/mol. The molecule has 0 atom stereocenters. The van der Waals surface area contributed by atoms with Crippen LogP contribution in [0.3, 0.4) is 0 Å². The second kappa shape index (κ2) is 7.63. The fourth-order valence-electron chi connectivity index (χ4n) is 4.29. The van der Waals surface area contributed by atoms with Crippen LogP contribution in [0.25, 0.3) is 11.0 Å². The predicted octanol–water partition coefficient (Wildman–Crippen LogP) is 4.72. The zero-order valence-corrected chi connectivity index (χ0v) is 16.8. The number of aryl methyl sites for hydroxylation is 1. The van der Waals surface area contributed by atoms with Gasteiger partial charge in [-0.05, 0) is 36.2 Å². The maximum Gasteiger partial charge on any atom is 0.206 e. The molecular weight excluding hydrogens is 356 g/mol. The largest absolute Gasteiger partial charge is 0.368 e. The van der Waals surface area contributed by atoms with Gasteiger partial charge in [-0.25, -0.2) is 4.98 Å². The van der Waals surface area contributed by atoms with E-state index in [-0.39, 0.29) is 0 Å². The number of imidazole rings is 1. The van der Waals surface area contributed by atoms with Gasteiger partial charge in [0.05, 0.1) is 17.6 Å². The van der Waals surface area contributed by atoms with Crippen LogP contribution >= 0.6 is 0 Å². The summed E-state index contributed by atoms with van der Waals surface area (Å²) in [5.41, 5.74) is 6.27. The molecule has 1 saturated heterocycles. The van der Waals surface area contributed by atoms with Crippen LogP contribution in [0.5, 0.6) is 0 Å². The molecule has 4 heteroatoms. The summed E-state index contributed by atoms with van der Waals surface area (Å²) in [5, 5.41) is 0. The van der Waals surface area contributed by atoms with E-state index in [0.717, 1.165) is 44.2 Å². The van der Waals surface area contributed by atoms with Gasteiger partial charge in [-0.2, -0.15) is 0 Å². The van der Waals surface area contributed by atoms with Crippen molar-refractivity contribution < 1.29 is 0 Å². The van der Waals surface area contributed by atoms with Gasteiger partial charge in [-0.15, -0.1) is 0 Å². The molecule has 1 aromatic heterocycles. The Morgan fingerprint density at radius 2 is 1.38 bits per heavy atom. The lowest BCUT2D eigenvalue weighted by Crippen LogP contribution is -2.47. The third-order valence-corrected chi connectivity index (χ3v) is 5.84. The summed E-state index contributed by atoms with van der Waals surface area (Å²) in [6.07, 6.45) is 0. The van der Waals surface area contributed by atoms with E-state index in [9.17, 15) is 0 Å². The van der Waals surface area contributed by atoms with Crippen LogP contribution in [0.1, 0.15) is 11.1 Å². The van der Waals surface area contributed by atoms with E-state index in [1.807, 2.05) is 0 Å². The molecule has 4 aromatic rings. The number of benzene rings is 3. The van der Waals surface area contributed by atoms with Gasteiger partial charge in [-0.3, -0.25) is 0 Å². The predicted molar refractivity (Wildman–Crippen MR) is 121 cm³/mol. The number of piperazine rings is 1. The summed E-state index contributed by atoms with van der Waals surface area (Å²) in [7, 11) is 0. The molecule has 1 aliphatic heterocycles. The molecule has 2 heterocycles. The van der Waals surface area contributed by atoms with Crippen LogP contribution < -0.4 is 9.80 Å². The lowest BCUT2D eigenvalue weighted by molar-refractivity contribution is 0.625. The second-order valence-electron chi connectivity index (χ2n) is 7.73. The molecule has 0 N–H and O–H groups in total. The summed E-state index contributed by atoms with van der Waals surface area (Å²) < 4.78 is 2.37. The fraction of sp³-hybridized carbons (Fsp3) is 0.240. The zero-order chi connectivity index (χ0) is 19.6. The van der Waals surface area contributed by atoms with E-state index >= 15 is 0 Å². The van der Waals surface area contributed by atoms with Gasteiger partial charge >= 0.3 is 0 Å². The Morgan fingerprint density at radius 3 is 2.17 bits per heavy atom. The molecule has 0 saturated carbocycles. The normalized spacial score (nSPS) is 14.5. The van der Waals surface area contributed by atoms with E-state index in [2.05, 4.69) is 100 Å². The Hall–Kier alpha value is -3.27. The van der Waals surface area contributed by atoms with Gasteiger partial charge in [0.2, 0.25) is 5.95 Å². The van der Waals surface area contributed by atoms with E-state index in [1.54, 1.807) is 0 Å². The van der Waals surface area contributed by atoms with Crippen LogP contribution in [0.15, 0.2) is 78.9 Å². The highest BCUT2D eigenvalue weighted by molar-refractivity contribution is 5.79. The minimum Gasteiger partial charge on any atom is -0.368 e. The average Bonchev–Trinajstić information content (AvgIpc) is 3.13. The van der Waals surface area contributed by atoms with Crippen molar-refractivity contribution in [3.8, 4) is 0 Å².